The molecule has 0 bridgehead atoms. The third-order valence-corrected chi connectivity index (χ3v) is 5.31. The Bertz CT molecular complexity index is 714. The number of Topliss-reactive ketones (excluding diaryl/α,β-unsaturated/α-hetero) is 1. The van der Waals surface area contributed by atoms with Crippen molar-refractivity contribution in [3.63, 3.8) is 0 Å². The van der Waals surface area contributed by atoms with Gasteiger partial charge in [-0.05, 0) is 30.5 Å². The van der Waals surface area contributed by atoms with Gasteiger partial charge in [-0.3, -0.25) is 9.59 Å². The Morgan fingerprint density at radius 3 is 2.60 bits per heavy atom. The number of hydrogen-bond acceptors (Lipinski definition) is 3. The quantitative estimate of drug-likeness (QED) is 0.811. The van der Waals surface area contributed by atoms with E-state index in [9.17, 15) is 22.8 Å². The zero-order valence-corrected chi connectivity index (χ0v) is 14.2. The van der Waals surface area contributed by atoms with Crippen molar-refractivity contribution in [2.45, 2.75) is 45.8 Å². The maximum atomic E-state index is 13.1. The highest BCUT2D eigenvalue weighted by atomic mass is 19.4. The topological polar surface area (TPSA) is 46.6 Å². The number of rotatable bonds is 2. The van der Waals surface area contributed by atoms with E-state index in [-0.39, 0.29) is 37.3 Å². The highest BCUT2D eigenvalue weighted by Gasteiger charge is 2.49. The highest BCUT2D eigenvalue weighted by molar-refractivity contribution is 5.93. The molecule has 1 aliphatic carbocycles. The van der Waals surface area contributed by atoms with Crippen molar-refractivity contribution in [2.24, 2.45) is 11.3 Å². The second-order valence-corrected chi connectivity index (χ2v) is 7.12. The van der Waals surface area contributed by atoms with Gasteiger partial charge >= 0.3 is 6.18 Å². The van der Waals surface area contributed by atoms with Gasteiger partial charge in [-0.1, -0.05) is 13.8 Å². The molecule has 1 aromatic rings. The van der Waals surface area contributed by atoms with Gasteiger partial charge in [0, 0.05) is 18.4 Å². The van der Waals surface area contributed by atoms with Gasteiger partial charge in [-0.15, -0.1) is 0 Å². The maximum Gasteiger partial charge on any atom is 0.416 e. The molecular weight excluding hydrogens is 335 g/mol. The molecule has 7 heteroatoms. The van der Waals surface area contributed by atoms with Gasteiger partial charge in [0.2, 0.25) is 5.91 Å². The molecule has 1 aliphatic heterocycles. The number of carbonyl (C=O) groups is 2. The Morgan fingerprint density at radius 2 is 2.04 bits per heavy atom. The summed E-state index contributed by atoms with van der Waals surface area (Å²) < 4.78 is 44.2. The first-order valence-corrected chi connectivity index (χ1v) is 8.27. The molecule has 1 saturated carbocycles. The van der Waals surface area contributed by atoms with E-state index >= 15 is 0 Å². The van der Waals surface area contributed by atoms with Crippen LogP contribution in [-0.2, 0) is 22.3 Å². The van der Waals surface area contributed by atoms with Crippen LogP contribution >= 0.6 is 0 Å². The summed E-state index contributed by atoms with van der Waals surface area (Å²) in [6, 6.07) is 3.29. The maximum absolute atomic E-state index is 13.1. The smallest absolute Gasteiger partial charge is 0.416 e. The van der Waals surface area contributed by atoms with Gasteiger partial charge in [-0.2, -0.15) is 13.2 Å². The van der Waals surface area contributed by atoms with Crippen molar-refractivity contribution in [3.05, 3.63) is 29.3 Å². The number of nitrogens with zero attached hydrogens (tertiary/aromatic N) is 1. The molecule has 1 amide bonds. The van der Waals surface area contributed by atoms with Crippen molar-refractivity contribution in [2.75, 3.05) is 6.73 Å². The average Bonchev–Trinajstić information content (AvgIpc) is 2.95. The molecule has 1 atom stereocenters. The van der Waals surface area contributed by atoms with Crippen LogP contribution < -0.4 is 4.74 Å². The molecule has 0 unspecified atom stereocenters. The van der Waals surface area contributed by atoms with Crippen LogP contribution in [0.25, 0.3) is 0 Å². The molecule has 1 heterocycles. The molecule has 0 aromatic heterocycles. The number of carbonyl (C=O) groups excluding carboxylic acids is 2. The standard InChI is InChI=1S/C18H20F3NO3/c1-11(2)17(6-5-14(23)8-17)16(24)22-9-12-7-13(18(19,20)21)3-4-15(12)25-10-22/h3-4,7,11H,5-6,8-10H2,1-2H3/t17-/m0/s1. The van der Waals surface area contributed by atoms with Crippen molar-refractivity contribution in [1.82, 2.24) is 4.90 Å². The highest BCUT2D eigenvalue weighted by Crippen LogP contribution is 2.45. The Balaban J connectivity index is 1.86. The number of fused-ring (bicyclic) bond motifs is 1. The van der Waals surface area contributed by atoms with Crippen LogP contribution in [0.3, 0.4) is 0 Å². The number of hydrogen-bond donors (Lipinski definition) is 0. The molecule has 0 N–H and O–H groups in total. The minimum atomic E-state index is -4.45. The van der Waals surface area contributed by atoms with E-state index in [0.29, 0.717) is 24.2 Å². The summed E-state index contributed by atoms with van der Waals surface area (Å²) in [5, 5.41) is 0. The van der Waals surface area contributed by atoms with Crippen molar-refractivity contribution in [3.8, 4) is 5.75 Å². The van der Waals surface area contributed by atoms with Gasteiger partial charge in [0.1, 0.15) is 11.5 Å². The van der Waals surface area contributed by atoms with Crippen molar-refractivity contribution in [1.29, 1.82) is 0 Å². The van der Waals surface area contributed by atoms with Crippen LogP contribution in [0.1, 0.15) is 44.2 Å². The summed E-state index contributed by atoms with van der Waals surface area (Å²) >= 11 is 0. The van der Waals surface area contributed by atoms with Crippen LogP contribution in [0.15, 0.2) is 18.2 Å². The fourth-order valence-electron chi connectivity index (χ4n) is 3.68. The lowest BCUT2D eigenvalue weighted by Gasteiger charge is -2.38. The predicted octanol–water partition coefficient (Wildman–Crippen LogP) is 3.78. The molecule has 0 spiro atoms. The number of alkyl halides is 3. The van der Waals surface area contributed by atoms with E-state index in [1.54, 1.807) is 0 Å². The number of amides is 1. The summed E-state index contributed by atoms with van der Waals surface area (Å²) in [7, 11) is 0. The molecule has 3 rings (SSSR count). The Kier molecular flexibility index (Phi) is 4.29. The van der Waals surface area contributed by atoms with E-state index in [1.807, 2.05) is 13.8 Å². The van der Waals surface area contributed by atoms with E-state index in [4.69, 9.17) is 4.74 Å². The van der Waals surface area contributed by atoms with E-state index < -0.39 is 17.2 Å². The molecule has 0 radical (unpaired) electrons. The fourth-order valence-corrected chi connectivity index (χ4v) is 3.68. The largest absolute Gasteiger partial charge is 0.473 e. The van der Waals surface area contributed by atoms with Crippen LogP contribution in [0, 0.1) is 11.3 Å². The van der Waals surface area contributed by atoms with E-state index in [1.165, 1.54) is 11.0 Å². The molecule has 0 saturated heterocycles. The van der Waals surface area contributed by atoms with Gasteiger partial charge in [0.25, 0.3) is 0 Å². The first-order valence-electron chi connectivity index (χ1n) is 8.27. The molecule has 136 valence electrons. The monoisotopic (exact) mass is 355 g/mol. The summed E-state index contributed by atoms with van der Waals surface area (Å²) in [6.45, 7) is 3.84. The fraction of sp³-hybridized carbons (Fsp3) is 0.556. The predicted molar refractivity (Wildman–Crippen MR) is 83.6 cm³/mol. The number of benzene rings is 1. The molecule has 1 aromatic carbocycles. The second kappa shape index (κ2) is 6.04. The zero-order valence-electron chi connectivity index (χ0n) is 14.2. The van der Waals surface area contributed by atoms with Crippen LogP contribution in [0.4, 0.5) is 13.2 Å². The Hall–Kier alpha value is -2.05. The third-order valence-electron chi connectivity index (χ3n) is 5.31. The number of ketones is 1. The molecule has 25 heavy (non-hydrogen) atoms. The first kappa shape index (κ1) is 17.8. The molecule has 2 aliphatic rings. The van der Waals surface area contributed by atoms with Gasteiger partial charge < -0.3 is 9.64 Å². The summed E-state index contributed by atoms with van der Waals surface area (Å²) in [4.78, 5) is 26.3. The lowest BCUT2D eigenvalue weighted by Crippen LogP contribution is -2.48. The van der Waals surface area contributed by atoms with Crippen LogP contribution in [0.2, 0.25) is 0 Å². The van der Waals surface area contributed by atoms with E-state index in [2.05, 4.69) is 0 Å². The lowest BCUT2D eigenvalue weighted by molar-refractivity contribution is -0.150. The molecule has 1 fully saturated rings. The zero-order chi connectivity index (χ0) is 18.4. The Morgan fingerprint density at radius 1 is 1.32 bits per heavy atom. The van der Waals surface area contributed by atoms with Gasteiger partial charge in [-0.25, -0.2) is 0 Å². The average molecular weight is 355 g/mol. The first-order chi connectivity index (χ1) is 11.6. The molecular formula is C18H20F3NO3. The normalized spacial score (nSPS) is 23.6. The second-order valence-electron chi connectivity index (χ2n) is 7.12. The van der Waals surface area contributed by atoms with Gasteiger partial charge in [0.05, 0.1) is 17.5 Å². The lowest BCUT2D eigenvalue weighted by atomic mass is 9.74. The van der Waals surface area contributed by atoms with E-state index in [0.717, 1.165) is 12.1 Å². The SMILES string of the molecule is CC(C)[C@]1(C(=O)N2COc3ccc(C(F)(F)F)cc3C2)CCC(=O)C1. The minimum Gasteiger partial charge on any atom is -0.473 e. The third kappa shape index (κ3) is 3.12. The minimum absolute atomic E-state index is 0.0140. The summed E-state index contributed by atoms with van der Waals surface area (Å²) in [6.07, 6.45) is -3.41. The van der Waals surface area contributed by atoms with Crippen molar-refractivity contribution >= 4 is 11.7 Å². The van der Waals surface area contributed by atoms with Crippen molar-refractivity contribution < 1.29 is 27.5 Å². The summed E-state index contributed by atoms with van der Waals surface area (Å²) in [5.41, 5.74) is -1.21. The summed E-state index contributed by atoms with van der Waals surface area (Å²) in [5.74, 6) is 0.170. The number of ether oxygens (including phenoxy) is 1. The molecule has 4 nitrogen and oxygen atoms in total. The van der Waals surface area contributed by atoms with Crippen LogP contribution in [0.5, 0.6) is 5.75 Å². The number of halogens is 3. The Labute approximate surface area is 143 Å². The van der Waals surface area contributed by atoms with Gasteiger partial charge in [0.15, 0.2) is 6.73 Å². The van der Waals surface area contributed by atoms with Crippen LogP contribution in [-0.4, -0.2) is 23.3 Å².